The summed E-state index contributed by atoms with van der Waals surface area (Å²) in [7, 11) is 1.60. The molecule has 3 heteroatoms. The topological polar surface area (TPSA) is 26.3 Å². The highest BCUT2D eigenvalue weighted by atomic mass is 32.1. The Balaban J connectivity index is 2.38. The Kier molecular flexibility index (Phi) is 3.92. The fraction of sp³-hybridized carbons (Fsp3) is 0.357. The molecular formula is C14H16O2S. The molecule has 17 heavy (non-hydrogen) atoms. The van der Waals surface area contributed by atoms with Crippen molar-refractivity contribution in [3.63, 3.8) is 0 Å². The normalized spacial score (nSPS) is 12.8. The average Bonchev–Trinajstić information content (AvgIpc) is 2.83. The zero-order valence-corrected chi connectivity index (χ0v) is 10.9. The number of thiophene rings is 1. The standard InChI is InChI=1S/C14H16O2S/c1-3-5-12(16-2)13(15)11-7-4-6-10-8-9-17-14(10)11/h4,6-9,12H,3,5H2,1-2H3. The molecule has 1 unspecified atom stereocenters. The lowest BCUT2D eigenvalue weighted by molar-refractivity contribution is 0.0580. The summed E-state index contributed by atoms with van der Waals surface area (Å²) in [4.78, 5) is 12.4. The third-order valence-corrected chi connectivity index (χ3v) is 3.84. The van der Waals surface area contributed by atoms with Crippen LogP contribution in [0, 0.1) is 0 Å². The van der Waals surface area contributed by atoms with Gasteiger partial charge in [0.1, 0.15) is 6.10 Å². The lowest BCUT2D eigenvalue weighted by Gasteiger charge is -2.13. The molecule has 90 valence electrons. The van der Waals surface area contributed by atoms with Gasteiger partial charge in [-0.1, -0.05) is 25.5 Å². The number of hydrogen-bond acceptors (Lipinski definition) is 3. The van der Waals surface area contributed by atoms with Crippen LogP contribution >= 0.6 is 11.3 Å². The summed E-state index contributed by atoms with van der Waals surface area (Å²) in [6.45, 7) is 2.06. The van der Waals surface area contributed by atoms with Crippen molar-refractivity contribution in [1.82, 2.24) is 0 Å². The summed E-state index contributed by atoms with van der Waals surface area (Å²) in [5, 5.41) is 3.15. The van der Waals surface area contributed by atoms with Gasteiger partial charge in [-0.3, -0.25) is 4.79 Å². The average molecular weight is 248 g/mol. The van der Waals surface area contributed by atoms with E-state index < -0.39 is 0 Å². The lowest BCUT2D eigenvalue weighted by atomic mass is 10.0. The third kappa shape index (κ3) is 2.40. The van der Waals surface area contributed by atoms with Gasteiger partial charge in [-0.05, 0) is 29.3 Å². The SMILES string of the molecule is CCCC(OC)C(=O)c1cccc2ccsc12. The number of carbonyl (C=O) groups is 1. The predicted molar refractivity (Wildman–Crippen MR) is 71.9 cm³/mol. The highest BCUT2D eigenvalue weighted by Gasteiger charge is 2.20. The molecule has 0 bridgehead atoms. The Morgan fingerprint density at radius 1 is 1.41 bits per heavy atom. The van der Waals surface area contributed by atoms with Crippen LogP contribution in [0.5, 0.6) is 0 Å². The summed E-state index contributed by atoms with van der Waals surface area (Å²) in [5.41, 5.74) is 0.790. The van der Waals surface area contributed by atoms with E-state index in [1.165, 1.54) is 0 Å². The lowest BCUT2D eigenvalue weighted by Crippen LogP contribution is -2.22. The van der Waals surface area contributed by atoms with Crippen molar-refractivity contribution in [3.8, 4) is 0 Å². The van der Waals surface area contributed by atoms with Gasteiger partial charge in [-0.25, -0.2) is 0 Å². The Bertz CT molecular complexity index is 516. The van der Waals surface area contributed by atoms with Gasteiger partial charge in [0.25, 0.3) is 0 Å². The summed E-state index contributed by atoms with van der Waals surface area (Å²) < 4.78 is 6.35. The van der Waals surface area contributed by atoms with E-state index in [0.29, 0.717) is 0 Å². The molecule has 0 fully saturated rings. The molecule has 0 saturated carbocycles. The molecule has 0 amide bonds. The van der Waals surface area contributed by atoms with E-state index in [1.807, 2.05) is 29.6 Å². The van der Waals surface area contributed by atoms with Crippen LogP contribution in [-0.2, 0) is 4.74 Å². The van der Waals surface area contributed by atoms with E-state index in [9.17, 15) is 4.79 Å². The first-order valence-electron chi connectivity index (χ1n) is 5.81. The maximum atomic E-state index is 12.4. The number of Topliss-reactive ketones (excluding diaryl/α,β-unsaturated/α-hetero) is 1. The van der Waals surface area contributed by atoms with Crippen LogP contribution < -0.4 is 0 Å². The van der Waals surface area contributed by atoms with Crippen molar-refractivity contribution in [2.24, 2.45) is 0 Å². The zero-order valence-electron chi connectivity index (χ0n) is 10.1. The minimum Gasteiger partial charge on any atom is -0.373 e. The van der Waals surface area contributed by atoms with Gasteiger partial charge in [0, 0.05) is 17.4 Å². The van der Waals surface area contributed by atoms with E-state index in [0.717, 1.165) is 28.5 Å². The number of methoxy groups -OCH3 is 1. The molecule has 0 spiro atoms. The van der Waals surface area contributed by atoms with Gasteiger partial charge in [0.05, 0.1) is 0 Å². The molecule has 1 aromatic carbocycles. The Morgan fingerprint density at radius 3 is 2.94 bits per heavy atom. The minimum atomic E-state index is -0.312. The molecular weight excluding hydrogens is 232 g/mol. The summed E-state index contributed by atoms with van der Waals surface area (Å²) >= 11 is 1.61. The van der Waals surface area contributed by atoms with Crippen molar-refractivity contribution >= 4 is 27.2 Å². The van der Waals surface area contributed by atoms with E-state index >= 15 is 0 Å². The van der Waals surface area contributed by atoms with E-state index in [1.54, 1.807) is 18.4 Å². The van der Waals surface area contributed by atoms with Crippen molar-refractivity contribution in [2.75, 3.05) is 7.11 Å². The molecule has 0 N–H and O–H groups in total. The number of benzene rings is 1. The minimum absolute atomic E-state index is 0.0994. The number of hydrogen-bond donors (Lipinski definition) is 0. The van der Waals surface area contributed by atoms with E-state index in [4.69, 9.17) is 4.74 Å². The molecule has 0 aliphatic carbocycles. The molecule has 1 heterocycles. The van der Waals surface area contributed by atoms with Gasteiger partial charge in [0.15, 0.2) is 5.78 Å². The van der Waals surface area contributed by atoms with E-state index in [-0.39, 0.29) is 11.9 Å². The number of fused-ring (bicyclic) bond motifs is 1. The van der Waals surface area contributed by atoms with Crippen LogP contribution in [0.15, 0.2) is 29.6 Å². The highest BCUT2D eigenvalue weighted by molar-refractivity contribution is 7.17. The smallest absolute Gasteiger partial charge is 0.192 e. The van der Waals surface area contributed by atoms with Gasteiger partial charge in [-0.15, -0.1) is 11.3 Å². The quantitative estimate of drug-likeness (QED) is 0.750. The maximum Gasteiger partial charge on any atom is 0.192 e. The van der Waals surface area contributed by atoms with Crippen LogP contribution in [0.1, 0.15) is 30.1 Å². The number of ketones is 1. The fourth-order valence-electron chi connectivity index (χ4n) is 1.98. The second-order valence-corrected chi connectivity index (χ2v) is 4.94. The first-order valence-corrected chi connectivity index (χ1v) is 6.69. The van der Waals surface area contributed by atoms with Crippen LogP contribution in [0.2, 0.25) is 0 Å². The number of ether oxygens (including phenoxy) is 1. The van der Waals surface area contributed by atoms with Crippen LogP contribution in [0.3, 0.4) is 0 Å². The molecule has 0 aliphatic rings. The number of rotatable bonds is 5. The molecule has 0 saturated heterocycles. The van der Waals surface area contributed by atoms with Gasteiger partial charge < -0.3 is 4.74 Å². The summed E-state index contributed by atoms with van der Waals surface area (Å²) in [5.74, 6) is 0.0994. The second kappa shape index (κ2) is 5.43. The first kappa shape index (κ1) is 12.3. The molecule has 2 nitrogen and oxygen atoms in total. The predicted octanol–water partition coefficient (Wildman–Crippen LogP) is 3.90. The van der Waals surface area contributed by atoms with Gasteiger partial charge >= 0.3 is 0 Å². The fourth-order valence-corrected chi connectivity index (χ4v) is 2.90. The molecule has 0 radical (unpaired) electrons. The summed E-state index contributed by atoms with van der Waals surface area (Å²) in [6, 6.07) is 7.90. The van der Waals surface area contributed by atoms with Crippen molar-refractivity contribution in [2.45, 2.75) is 25.9 Å². The van der Waals surface area contributed by atoms with Crippen LogP contribution in [0.25, 0.3) is 10.1 Å². The van der Waals surface area contributed by atoms with Crippen LogP contribution in [0.4, 0.5) is 0 Å². The molecule has 1 atom stereocenters. The second-order valence-electron chi connectivity index (χ2n) is 4.02. The van der Waals surface area contributed by atoms with Crippen LogP contribution in [-0.4, -0.2) is 19.0 Å². The van der Waals surface area contributed by atoms with E-state index in [2.05, 4.69) is 6.92 Å². The number of carbonyl (C=O) groups excluding carboxylic acids is 1. The molecule has 0 aliphatic heterocycles. The molecule has 1 aromatic heterocycles. The third-order valence-electron chi connectivity index (χ3n) is 2.87. The monoisotopic (exact) mass is 248 g/mol. The Hall–Kier alpha value is -1.19. The van der Waals surface area contributed by atoms with Crippen molar-refractivity contribution in [3.05, 3.63) is 35.2 Å². The highest BCUT2D eigenvalue weighted by Crippen LogP contribution is 2.26. The maximum absolute atomic E-state index is 12.4. The molecule has 2 rings (SSSR count). The molecule has 2 aromatic rings. The van der Waals surface area contributed by atoms with Gasteiger partial charge in [0.2, 0.25) is 0 Å². The zero-order chi connectivity index (χ0) is 12.3. The largest absolute Gasteiger partial charge is 0.373 e. The Morgan fingerprint density at radius 2 is 2.24 bits per heavy atom. The first-order chi connectivity index (χ1) is 8.27. The van der Waals surface area contributed by atoms with Gasteiger partial charge in [-0.2, -0.15) is 0 Å². The van der Waals surface area contributed by atoms with Crippen molar-refractivity contribution < 1.29 is 9.53 Å². The Labute approximate surface area is 105 Å². The summed E-state index contributed by atoms with van der Waals surface area (Å²) in [6.07, 6.45) is 1.41. The van der Waals surface area contributed by atoms with Crippen molar-refractivity contribution in [1.29, 1.82) is 0 Å².